The smallest absolute Gasteiger partial charge is 0.131 e. The molecule has 17 heavy (non-hydrogen) atoms. The normalized spacial score (nSPS) is 21.4. The van der Waals surface area contributed by atoms with Gasteiger partial charge < -0.3 is 16.0 Å². The minimum atomic E-state index is 0.495. The molecule has 1 aliphatic heterocycles. The largest absolute Gasteiger partial charge is 0.366 e. The van der Waals surface area contributed by atoms with Gasteiger partial charge in [-0.05, 0) is 39.0 Å². The third-order valence-corrected chi connectivity index (χ3v) is 3.05. The van der Waals surface area contributed by atoms with Crippen LogP contribution in [0.25, 0.3) is 0 Å². The van der Waals surface area contributed by atoms with E-state index in [2.05, 4.69) is 27.2 Å². The molecule has 3 N–H and O–H groups in total. The van der Waals surface area contributed by atoms with Crippen LogP contribution in [-0.2, 0) is 6.42 Å². The van der Waals surface area contributed by atoms with E-state index in [9.17, 15) is 0 Å². The Bertz CT molecular complexity index is 355. The van der Waals surface area contributed by atoms with Crippen molar-refractivity contribution in [3.8, 4) is 0 Å². The first-order valence-electron chi connectivity index (χ1n) is 6.25. The van der Waals surface area contributed by atoms with E-state index in [0.717, 1.165) is 24.6 Å². The maximum atomic E-state index is 5.51. The van der Waals surface area contributed by atoms with Crippen molar-refractivity contribution in [2.24, 2.45) is 5.73 Å². The molecule has 0 aromatic carbocycles. The van der Waals surface area contributed by atoms with E-state index in [4.69, 9.17) is 5.73 Å². The van der Waals surface area contributed by atoms with Crippen LogP contribution in [0.15, 0.2) is 12.3 Å². The second kappa shape index (κ2) is 5.93. The minimum Gasteiger partial charge on any atom is -0.366 e. The topological polar surface area (TPSA) is 67.1 Å². The molecule has 0 radical (unpaired) electrons. The lowest BCUT2D eigenvalue weighted by Gasteiger charge is -2.30. The molecule has 0 amide bonds. The van der Waals surface area contributed by atoms with Gasteiger partial charge in [-0.1, -0.05) is 0 Å². The number of nitrogens with two attached hydrogens (primary N) is 1. The summed E-state index contributed by atoms with van der Waals surface area (Å²) < 4.78 is 0. The molecule has 94 valence electrons. The van der Waals surface area contributed by atoms with E-state index in [1.165, 1.54) is 19.4 Å². The summed E-state index contributed by atoms with van der Waals surface area (Å²) in [5, 5.41) is 3.48. The summed E-state index contributed by atoms with van der Waals surface area (Å²) in [6.45, 7) is 2.87. The Kier molecular flexibility index (Phi) is 4.28. The standard InChI is InChI=1S/C12H21N5/c1-17-8-2-3-10(9-17)15-12-5-7-14-11(16-12)4-6-13/h5,7,10H,2-4,6,8-9,13H2,1H3,(H,14,15,16). The Morgan fingerprint density at radius 1 is 1.59 bits per heavy atom. The predicted octanol–water partition coefficient (Wildman–Crippen LogP) is 0.484. The average molecular weight is 235 g/mol. The molecule has 5 heteroatoms. The zero-order valence-electron chi connectivity index (χ0n) is 10.4. The van der Waals surface area contributed by atoms with Crippen LogP contribution in [0, 0.1) is 0 Å². The Morgan fingerprint density at radius 2 is 2.47 bits per heavy atom. The van der Waals surface area contributed by atoms with Crippen molar-refractivity contribution in [2.75, 3.05) is 32.0 Å². The van der Waals surface area contributed by atoms with Crippen LogP contribution in [0.1, 0.15) is 18.7 Å². The van der Waals surface area contributed by atoms with Crippen molar-refractivity contribution >= 4 is 5.82 Å². The van der Waals surface area contributed by atoms with E-state index in [1.807, 2.05) is 6.07 Å². The van der Waals surface area contributed by atoms with Gasteiger partial charge >= 0.3 is 0 Å². The fraction of sp³-hybridized carbons (Fsp3) is 0.667. The molecule has 1 atom stereocenters. The fourth-order valence-electron chi connectivity index (χ4n) is 2.22. The Balaban J connectivity index is 1.95. The van der Waals surface area contributed by atoms with E-state index in [0.29, 0.717) is 12.6 Å². The third kappa shape index (κ3) is 3.64. The van der Waals surface area contributed by atoms with Crippen molar-refractivity contribution in [1.82, 2.24) is 14.9 Å². The lowest BCUT2D eigenvalue weighted by atomic mass is 10.1. The van der Waals surface area contributed by atoms with Crippen molar-refractivity contribution in [3.63, 3.8) is 0 Å². The number of nitrogens with zero attached hydrogens (tertiary/aromatic N) is 3. The highest BCUT2D eigenvalue weighted by Gasteiger charge is 2.17. The summed E-state index contributed by atoms with van der Waals surface area (Å²) in [7, 11) is 2.16. The summed E-state index contributed by atoms with van der Waals surface area (Å²) in [4.78, 5) is 11.0. The molecular weight excluding hydrogens is 214 g/mol. The van der Waals surface area contributed by atoms with Crippen LogP contribution < -0.4 is 11.1 Å². The number of aromatic nitrogens is 2. The van der Waals surface area contributed by atoms with Crippen LogP contribution in [0.2, 0.25) is 0 Å². The van der Waals surface area contributed by atoms with Crippen molar-refractivity contribution in [2.45, 2.75) is 25.3 Å². The van der Waals surface area contributed by atoms with Crippen molar-refractivity contribution < 1.29 is 0 Å². The predicted molar refractivity (Wildman–Crippen MR) is 68.9 cm³/mol. The molecule has 1 unspecified atom stereocenters. The number of nitrogens with one attached hydrogen (secondary N) is 1. The quantitative estimate of drug-likeness (QED) is 0.795. The van der Waals surface area contributed by atoms with Crippen LogP contribution in [0.5, 0.6) is 0 Å². The molecule has 1 aromatic rings. The van der Waals surface area contributed by atoms with Gasteiger partial charge in [-0.3, -0.25) is 0 Å². The number of piperidine rings is 1. The highest BCUT2D eigenvalue weighted by Crippen LogP contribution is 2.13. The third-order valence-electron chi connectivity index (χ3n) is 3.05. The van der Waals surface area contributed by atoms with Gasteiger partial charge in [0.15, 0.2) is 0 Å². The van der Waals surface area contributed by atoms with Crippen molar-refractivity contribution in [3.05, 3.63) is 18.1 Å². The molecule has 0 saturated carbocycles. The molecule has 1 saturated heterocycles. The van der Waals surface area contributed by atoms with Crippen molar-refractivity contribution in [1.29, 1.82) is 0 Å². The number of hydrogen-bond acceptors (Lipinski definition) is 5. The summed E-state index contributed by atoms with van der Waals surface area (Å²) in [5.41, 5.74) is 5.51. The summed E-state index contributed by atoms with van der Waals surface area (Å²) in [6, 6.07) is 2.42. The monoisotopic (exact) mass is 235 g/mol. The Morgan fingerprint density at radius 3 is 3.24 bits per heavy atom. The van der Waals surface area contributed by atoms with Crippen LogP contribution in [-0.4, -0.2) is 47.6 Å². The molecule has 0 bridgehead atoms. The lowest BCUT2D eigenvalue weighted by Crippen LogP contribution is -2.39. The number of likely N-dealkylation sites (N-methyl/N-ethyl adjacent to an activating group) is 1. The van der Waals surface area contributed by atoms with Gasteiger partial charge in [-0.2, -0.15) is 0 Å². The molecule has 2 heterocycles. The highest BCUT2D eigenvalue weighted by atomic mass is 15.2. The summed E-state index contributed by atoms with van der Waals surface area (Å²) in [6.07, 6.45) is 4.99. The second-order valence-electron chi connectivity index (χ2n) is 4.64. The first kappa shape index (κ1) is 12.3. The van der Waals surface area contributed by atoms with Crippen LogP contribution in [0.3, 0.4) is 0 Å². The zero-order valence-corrected chi connectivity index (χ0v) is 10.4. The average Bonchev–Trinajstić information content (AvgIpc) is 2.30. The molecular formula is C12H21N5. The first-order chi connectivity index (χ1) is 8.28. The summed E-state index contributed by atoms with van der Waals surface area (Å²) in [5.74, 6) is 1.74. The Hall–Kier alpha value is -1.20. The van der Waals surface area contributed by atoms with E-state index in [-0.39, 0.29) is 0 Å². The van der Waals surface area contributed by atoms with E-state index < -0.39 is 0 Å². The zero-order chi connectivity index (χ0) is 12.1. The minimum absolute atomic E-state index is 0.495. The molecule has 1 aliphatic rings. The fourth-order valence-corrected chi connectivity index (χ4v) is 2.22. The lowest BCUT2D eigenvalue weighted by molar-refractivity contribution is 0.260. The van der Waals surface area contributed by atoms with Gasteiger partial charge in [-0.25, -0.2) is 9.97 Å². The number of hydrogen-bond donors (Lipinski definition) is 2. The van der Waals surface area contributed by atoms with Gasteiger partial charge in [0.1, 0.15) is 11.6 Å². The molecule has 1 aromatic heterocycles. The SMILES string of the molecule is CN1CCCC(Nc2ccnc(CCN)n2)C1. The Labute approximate surface area is 102 Å². The van der Waals surface area contributed by atoms with Gasteiger partial charge in [0.25, 0.3) is 0 Å². The van der Waals surface area contributed by atoms with E-state index in [1.54, 1.807) is 6.20 Å². The maximum absolute atomic E-state index is 5.51. The van der Waals surface area contributed by atoms with Crippen LogP contribution >= 0.6 is 0 Å². The first-order valence-corrected chi connectivity index (χ1v) is 6.25. The van der Waals surface area contributed by atoms with Gasteiger partial charge in [0.05, 0.1) is 0 Å². The summed E-state index contributed by atoms with van der Waals surface area (Å²) >= 11 is 0. The number of anilines is 1. The number of rotatable bonds is 4. The maximum Gasteiger partial charge on any atom is 0.131 e. The molecule has 2 rings (SSSR count). The number of likely N-dealkylation sites (tertiary alicyclic amines) is 1. The molecule has 1 fully saturated rings. The van der Waals surface area contributed by atoms with E-state index >= 15 is 0 Å². The molecule has 0 spiro atoms. The molecule has 5 nitrogen and oxygen atoms in total. The second-order valence-corrected chi connectivity index (χ2v) is 4.64. The van der Waals surface area contributed by atoms with Gasteiger partial charge in [0.2, 0.25) is 0 Å². The van der Waals surface area contributed by atoms with Gasteiger partial charge in [-0.15, -0.1) is 0 Å². The van der Waals surface area contributed by atoms with Gasteiger partial charge in [0, 0.05) is 25.2 Å². The molecule has 0 aliphatic carbocycles. The van der Waals surface area contributed by atoms with Crippen LogP contribution in [0.4, 0.5) is 5.82 Å². The highest BCUT2D eigenvalue weighted by molar-refractivity contribution is 5.34.